The molecule has 0 saturated heterocycles. The van der Waals surface area contributed by atoms with Crippen molar-refractivity contribution in [3.63, 3.8) is 0 Å². The van der Waals surface area contributed by atoms with Gasteiger partial charge in [-0.25, -0.2) is 12.7 Å². The Morgan fingerprint density at radius 3 is 2.63 bits per heavy atom. The summed E-state index contributed by atoms with van der Waals surface area (Å²) >= 11 is 0. The normalized spacial score (nSPS) is 15.4. The Bertz CT molecular complexity index is 574. The summed E-state index contributed by atoms with van der Waals surface area (Å²) in [5.74, 6) is 0. The van der Waals surface area contributed by atoms with Crippen LogP contribution in [0.1, 0.15) is 26.3 Å². The number of anilines is 1. The quantitative estimate of drug-likeness (QED) is 0.925. The molecular weight excluding hydrogens is 260 g/mol. The predicted octanol–water partition coefficient (Wildman–Crippen LogP) is 2.32. The molecule has 0 fully saturated rings. The maximum absolute atomic E-state index is 12.5. The van der Waals surface area contributed by atoms with Crippen molar-refractivity contribution in [2.24, 2.45) is 5.41 Å². The molecule has 1 aliphatic rings. The van der Waals surface area contributed by atoms with E-state index in [9.17, 15) is 8.42 Å². The Morgan fingerprint density at radius 1 is 1.32 bits per heavy atom. The molecule has 1 N–H and O–H groups in total. The predicted molar refractivity (Wildman–Crippen MR) is 77.9 cm³/mol. The van der Waals surface area contributed by atoms with Crippen molar-refractivity contribution in [2.45, 2.75) is 32.1 Å². The molecule has 0 spiro atoms. The SMILES string of the molecule is CN(CC(C)(C)C)S(=O)(=O)c1ccc2c(c1)NCC2. The molecule has 0 atom stereocenters. The summed E-state index contributed by atoms with van der Waals surface area (Å²) in [5.41, 5.74) is 2.08. The first-order valence-electron chi connectivity index (χ1n) is 6.53. The highest BCUT2D eigenvalue weighted by Crippen LogP contribution is 2.27. The third kappa shape index (κ3) is 3.09. The maximum Gasteiger partial charge on any atom is 0.242 e. The molecule has 0 radical (unpaired) electrons. The van der Waals surface area contributed by atoms with Gasteiger partial charge in [0.2, 0.25) is 10.0 Å². The van der Waals surface area contributed by atoms with Crippen molar-refractivity contribution >= 4 is 15.7 Å². The first-order chi connectivity index (χ1) is 8.70. The molecule has 0 bridgehead atoms. The molecule has 19 heavy (non-hydrogen) atoms. The van der Waals surface area contributed by atoms with E-state index in [2.05, 4.69) is 5.32 Å². The molecule has 0 amide bonds. The van der Waals surface area contributed by atoms with Gasteiger partial charge in [-0.05, 0) is 29.5 Å². The number of rotatable bonds is 3. The van der Waals surface area contributed by atoms with Gasteiger partial charge in [0.25, 0.3) is 0 Å². The second-order valence-corrected chi connectivity index (χ2v) is 8.36. The van der Waals surface area contributed by atoms with E-state index >= 15 is 0 Å². The highest BCUT2D eigenvalue weighted by molar-refractivity contribution is 7.89. The van der Waals surface area contributed by atoms with Crippen LogP contribution in [0.3, 0.4) is 0 Å². The Hall–Kier alpha value is -1.07. The third-order valence-corrected chi connectivity index (χ3v) is 5.00. The third-order valence-electron chi connectivity index (χ3n) is 3.20. The summed E-state index contributed by atoms with van der Waals surface area (Å²) in [6, 6.07) is 5.37. The monoisotopic (exact) mass is 282 g/mol. The lowest BCUT2D eigenvalue weighted by molar-refractivity contribution is 0.311. The number of benzene rings is 1. The molecule has 1 aliphatic heterocycles. The minimum Gasteiger partial charge on any atom is -0.384 e. The Labute approximate surface area is 115 Å². The van der Waals surface area contributed by atoms with E-state index < -0.39 is 10.0 Å². The average molecular weight is 282 g/mol. The standard InChI is InChI=1S/C14H22N2O2S/c1-14(2,3)10-16(4)19(17,18)12-6-5-11-7-8-15-13(11)9-12/h5-6,9,15H,7-8,10H2,1-4H3. The van der Waals surface area contributed by atoms with Gasteiger partial charge in [-0.2, -0.15) is 0 Å². The summed E-state index contributed by atoms with van der Waals surface area (Å²) in [6.45, 7) is 7.48. The first-order valence-corrected chi connectivity index (χ1v) is 7.97. The van der Waals surface area contributed by atoms with Gasteiger partial charge in [-0.1, -0.05) is 26.8 Å². The maximum atomic E-state index is 12.5. The zero-order chi connectivity index (χ0) is 14.3. The zero-order valence-electron chi connectivity index (χ0n) is 12.0. The lowest BCUT2D eigenvalue weighted by atomic mass is 9.97. The van der Waals surface area contributed by atoms with Gasteiger partial charge in [0, 0.05) is 25.8 Å². The van der Waals surface area contributed by atoms with E-state index in [1.54, 1.807) is 19.2 Å². The molecule has 106 valence electrons. The minimum absolute atomic E-state index is 0.0587. The lowest BCUT2D eigenvalue weighted by Crippen LogP contribution is -2.34. The van der Waals surface area contributed by atoms with Crippen molar-refractivity contribution in [1.82, 2.24) is 4.31 Å². The van der Waals surface area contributed by atoms with Gasteiger partial charge in [0.15, 0.2) is 0 Å². The van der Waals surface area contributed by atoms with Crippen LogP contribution in [-0.2, 0) is 16.4 Å². The fourth-order valence-electron chi connectivity index (χ4n) is 2.36. The van der Waals surface area contributed by atoms with E-state index in [1.807, 2.05) is 26.8 Å². The molecular formula is C14H22N2O2S. The summed E-state index contributed by atoms with van der Waals surface area (Å²) in [7, 11) is -1.76. The molecule has 0 aromatic heterocycles. The molecule has 1 aromatic carbocycles. The van der Waals surface area contributed by atoms with E-state index in [-0.39, 0.29) is 5.41 Å². The second-order valence-electron chi connectivity index (χ2n) is 6.32. The number of nitrogens with zero attached hydrogens (tertiary/aromatic N) is 1. The van der Waals surface area contributed by atoms with Gasteiger partial charge in [0.05, 0.1) is 4.90 Å². The van der Waals surface area contributed by atoms with Crippen LogP contribution in [0.25, 0.3) is 0 Å². The highest BCUT2D eigenvalue weighted by Gasteiger charge is 2.26. The second kappa shape index (κ2) is 4.80. The Kier molecular flexibility index (Phi) is 3.62. The van der Waals surface area contributed by atoms with Crippen LogP contribution in [0, 0.1) is 5.41 Å². The van der Waals surface area contributed by atoms with E-state index in [0.717, 1.165) is 18.7 Å². The van der Waals surface area contributed by atoms with Gasteiger partial charge in [-0.15, -0.1) is 0 Å². The van der Waals surface area contributed by atoms with Crippen LogP contribution in [0.5, 0.6) is 0 Å². The van der Waals surface area contributed by atoms with E-state index in [1.165, 1.54) is 9.87 Å². The van der Waals surface area contributed by atoms with Gasteiger partial charge in [0.1, 0.15) is 0 Å². The molecule has 1 heterocycles. The van der Waals surface area contributed by atoms with Crippen molar-refractivity contribution in [2.75, 3.05) is 25.5 Å². The Balaban J connectivity index is 2.29. The molecule has 0 saturated carbocycles. The fourth-order valence-corrected chi connectivity index (χ4v) is 3.79. The summed E-state index contributed by atoms with van der Waals surface area (Å²) < 4.78 is 26.4. The van der Waals surface area contributed by atoms with Gasteiger partial charge >= 0.3 is 0 Å². The first kappa shape index (κ1) is 14.3. The highest BCUT2D eigenvalue weighted by atomic mass is 32.2. The molecule has 5 heteroatoms. The largest absolute Gasteiger partial charge is 0.384 e. The van der Waals surface area contributed by atoms with Crippen molar-refractivity contribution in [1.29, 1.82) is 0 Å². The van der Waals surface area contributed by atoms with Crippen LogP contribution in [0.15, 0.2) is 23.1 Å². The number of sulfonamides is 1. The van der Waals surface area contributed by atoms with E-state index in [0.29, 0.717) is 11.4 Å². The summed E-state index contributed by atoms with van der Waals surface area (Å²) in [6.07, 6.45) is 0.966. The van der Waals surface area contributed by atoms with Crippen LogP contribution in [0.4, 0.5) is 5.69 Å². The van der Waals surface area contributed by atoms with Gasteiger partial charge in [-0.3, -0.25) is 0 Å². The molecule has 0 unspecified atom stereocenters. The average Bonchev–Trinajstić information content (AvgIpc) is 2.73. The van der Waals surface area contributed by atoms with Crippen LogP contribution < -0.4 is 5.32 Å². The smallest absolute Gasteiger partial charge is 0.242 e. The fraction of sp³-hybridized carbons (Fsp3) is 0.571. The van der Waals surface area contributed by atoms with Crippen LogP contribution in [0.2, 0.25) is 0 Å². The van der Waals surface area contributed by atoms with E-state index in [4.69, 9.17) is 0 Å². The lowest BCUT2D eigenvalue weighted by Gasteiger charge is -2.26. The van der Waals surface area contributed by atoms with Crippen molar-refractivity contribution < 1.29 is 8.42 Å². The zero-order valence-corrected chi connectivity index (χ0v) is 12.8. The van der Waals surface area contributed by atoms with Crippen LogP contribution >= 0.6 is 0 Å². The van der Waals surface area contributed by atoms with Crippen molar-refractivity contribution in [3.8, 4) is 0 Å². The van der Waals surface area contributed by atoms with Crippen molar-refractivity contribution in [3.05, 3.63) is 23.8 Å². The number of hydrogen-bond acceptors (Lipinski definition) is 3. The molecule has 0 aliphatic carbocycles. The number of hydrogen-bond donors (Lipinski definition) is 1. The minimum atomic E-state index is -3.40. The molecule has 2 rings (SSSR count). The molecule has 1 aromatic rings. The summed E-state index contributed by atoms with van der Waals surface area (Å²) in [4.78, 5) is 0.368. The Morgan fingerprint density at radius 2 is 2.00 bits per heavy atom. The molecule has 4 nitrogen and oxygen atoms in total. The number of fused-ring (bicyclic) bond motifs is 1. The topological polar surface area (TPSA) is 49.4 Å². The number of nitrogens with one attached hydrogen (secondary N) is 1. The van der Waals surface area contributed by atoms with Gasteiger partial charge < -0.3 is 5.32 Å². The van der Waals surface area contributed by atoms with Crippen LogP contribution in [-0.4, -0.2) is 32.9 Å². The summed E-state index contributed by atoms with van der Waals surface area (Å²) in [5, 5.41) is 3.22.